The van der Waals surface area contributed by atoms with Crippen LogP contribution in [0, 0.1) is 0 Å². The van der Waals surface area contributed by atoms with Crippen LogP contribution in [-0.4, -0.2) is 53.2 Å². The number of hydrogen-bond acceptors (Lipinski definition) is 6. The van der Waals surface area contributed by atoms with Gasteiger partial charge >= 0.3 is 0 Å². The normalized spacial score (nSPS) is 15.7. The van der Waals surface area contributed by atoms with Crippen LogP contribution < -0.4 is 10.6 Å². The molecule has 0 unspecified atom stereocenters. The second-order valence-electron chi connectivity index (χ2n) is 5.74. The molecule has 112 valence electrons. The van der Waals surface area contributed by atoms with E-state index < -0.39 is 5.54 Å². The van der Waals surface area contributed by atoms with Crippen LogP contribution in [0.25, 0.3) is 0 Å². The molecule has 0 aromatic carbocycles. The Hall–Kier alpha value is -1.34. The molecule has 0 bridgehead atoms. The molecule has 1 saturated heterocycles. The van der Waals surface area contributed by atoms with Gasteiger partial charge in [-0.15, -0.1) is 0 Å². The highest BCUT2D eigenvalue weighted by molar-refractivity contribution is 7.18. The Morgan fingerprint density at radius 2 is 2.10 bits per heavy atom. The van der Waals surface area contributed by atoms with Crippen molar-refractivity contribution in [1.82, 2.24) is 9.88 Å². The summed E-state index contributed by atoms with van der Waals surface area (Å²) in [6.45, 7) is 5.46. The summed E-state index contributed by atoms with van der Waals surface area (Å²) in [6, 6.07) is 0. The first-order chi connectivity index (χ1) is 9.36. The number of nitrogens with two attached hydrogens (primary N) is 1. The van der Waals surface area contributed by atoms with Gasteiger partial charge in [-0.2, -0.15) is 0 Å². The predicted molar refractivity (Wildman–Crippen MR) is 81.2 cm³/mol. The summed E-state index contributed by atoms with van der Waals surface area (Å²) >= 11 is 1.34. The molecule has 7 heteroatoms. The first kappa shape index (κ1) is 15.1. The second kappa shape index (κ2) is 5.57. The van der Waals surface area contributed by atoms with Gasteiger partial charge in [0.15, 0.2) is 5.13 Å². The van der Waals surface area contributed by atoms with Gasteiger partial charge in [-0.05, 0) is 26.7 Å². The maximum atomic E-state index is 12.5. The molecule has 2 heterocycles. The zero-order valence-corrected chi connectivity index (χ0v) is 13.0. The van der Waals surface area contributed by atoms with Gasteiger partial charge in [0.25, 0.3) is 5.91 Å². The lowest BCUT2D eigenvalue weighted by molar-refractivity contribution is 0.0478. The Morgan fingerprint density at radius 3 is 2.65 bits per heavy atom. The summed E-state index contributed by atoms with van der Waals surface area (Å²) < 4.78 is 0. The summed E-state index contributed by atoms with van der Waals surface area (Å²) in [5.74, 6) is 0.0898. The van der Waals surface area contributed by atoms with Crippen molar-refractivity contribution in [2.45, 2.75) is 32.2 Å². The zero-order valence-electron chi connectivity index (χ0n) is 12.2. The fourth-order valence-corrected chi connectivity index (χ4v) is 3.06. The third-order valence-electron chi connectivity index (χ3n) is 3.81. The minimum Gasteiger partial charge on any atom is -0.394 e. The largest absolute Gasteiger partial charge is 0.394 e. The third kappa shape index (κ3) is 2.73. The molecule has 0 spiro atoms. The Bertz CT molecular complexity index is 495. The number of hydrogen-bond donors (Lipinski definition) is 2. The Morgan fingerprint density at radius 1 is 1.50 bits per heavy atom. The number of likely N-dealkylation sites (N-methyl/N-ethyl adjacent to an activating group) is 1. The molecular formula is C13H22N4O2S. The fourth-order valence-electron chi connectivity index (χ4n) is 2.05. The number of nitrogen functional groups attached to an aromatic ring is 1. The van der Waals surface area contributed by atoms with Crippen molar-refractivity contribution < 1.29 is 9.90 Å². The molecule has 1 aliphatic heterocycles. The Kier molecular flexibility index (Phi) is 4.19. The number of nitrogens with zero attached hydrogens (tertiary/aromatic N) is 3. The van der Waals surface area contributed by atoms with Crippen molar-refractivity contribution in [1.29, 1.82) is 0 Å². The number of carbonyl (C=O) groups excluding carboxylic acids is 1. The van der Waals surface area contributed by atoms with Crippen LogP contribution in [0.2, 0.25) is 0 Å². The van der Waals surface area contributed by atoms with Gasteiger partial charge < -0.3 is 20.6 Å². The summed E-state index contributed by atoms with van der Waals surface area (Å²) in [5.41, 5.74) is 5.27. The third-order valence-corrected chi connectivity index (χ3v) is 4.93. The number of anilines is 2. The topological polar surface area (TPSA) is 82.7 Å². The lowest BCUT2D eigenvalue weighted by Gasteiger charge is -2.33. The van der Waals surface area contributed by atoms with Gasteiger partial charge in [-0.25, -0.2) is 4.98 Å². The van der Waals surface area contributed by atoms with E-state index in [0.717, 1.165) is 31.1 Å². The van der Waals surface area contributed by atoms with E-state index in [2.05, 4.69) is 9.88 Å². The first-order valence-corrected chi connectivity index (χ1v) is 7.59. The molecule has 1 aliphatic rings. The van der Waals surface area contributed by atoms with Crippen LogP contribution in [0.3, 0.4) is 0 Å². The molecule has 0 saturated carbocycles. The van der Waals surface area contributed by atoms with Gasteiger partial charge in [-0.1, -0.05) is 11.3 Å². The standard InChI is InChI=1S/C13H22N4O2S/c1-13(2,8-18)16(3)11(19)9-10(14)15-12(20-9)17-6-4-5-7-17/h18H,4-8,14H2,1-3H3. The molecule has 1 amide bonds. The highest BCUT2D eigenvalue weighted by Gasteiger charge is 2.31. The summed E-state index contributed by atoms with van der Waals surface area (Å²) in [7, 11) is 1.67. The number of amides is 1. The number of aliphatic hydroxyl groups excluding tert-OH is 1. The van der Waals surface area contributed by atoms with E-state index in [1.54, 1.807) is 7.05 Å². The van der Waals surface area contributed by atoms with Crippen molar-refractivity contribution >= 4 is 28.2 Å². The number of carbonyl (C=O) groups is 1. The molecule has 20 heavy (non-hydrogen) atoms. The lowest BCUT2D eigenvalue weighted by Crippen LogP contribution is -2.47. The SMILES string of the molecule is CN(C(=O)c1sc(N2CCCC2)nc1N)C(C)(C)CO. The molecule has 1 aromatic heterocycles. The second-order valence-corrected chi connectivity index (χ2v) is 6.72. The number of thiazole rings is 1. The van der Waals surface area contributed by atoms with E-state index in [1.165, 1.54) is 16.2 Å². The van der Waals surface area contributed by atoms with Gasteiger partial charge in [-0.3, -0.25) is 4.79 Å². The molecule has 0 atom stereocenters. The van der Waals surface area contributed by atoms with E-state index >= 15 is 0 Å². The molecule has 0 aliphatic carbocycles. The predicted octanol–water partition coefficient (Wildman–Crippen LogP) is 1.17. The zero-order chi connectivity index (χ0) is 14.9. The Labute approximate surface area is 123 Å². The summed E-state index contributed by atoms with van der Waals surface area (Å²) in [5, 5.41) is 10.2. The smallest absolute Gasteiger partial charge is 0.268 e. The minimum absolute atomic E-state index is 0.104. The van der Waals surface area contributed by atoms with E-state index in [0.29, 0.717) is 4.88 Å². The fraction of sp³-hybridized carbons (Fsp3) is 0.692. The molecule has 0 radical (unpaired) electrons. The maximum absolute atomic E-state index is 12.5. The van der Waals surface area contributed by atoms with E-state index in [-0.39, 0.29) is 18.3 Å². The van der Waals surface area contributed by atoms with E-state index in [4.69, 9.17) is 5.73 Å². The molecule has 3 N–H and O–H groups in total. The van der Waals surface area contributed by atoms with Gasteiger partial charge in [0.2, 0.25) is 0 Å². The monoisotopic (exact) mass is 298 g/mol. The van der Waals surface area contributed by atoms with E-state index in [1.807, 2.05) is 13.8 Å². The van der Waals surface area contributed by atoms with Crippen LogP contribution in [0.15, 0.2) is 0 Å². The van der Waals surface area contributed by atoms with Crippen molar-refractivity contribution in [3.05, 3.63) is 4.88 Å². The molecule has 2 rings (SSSR count). The van der Waals surface area contributed by atoms with Crippen LogP contribution in [0.1, 0.15) is 36.4 Å². The van der Waals surface area contributed by atoms with Crippen molar-refractivity contribution in [3.63, 3.8) is 0 Å². The highest BCUT2D eigenvalue weighted by atomic mass is 32.1. The van der Waals surface area contributed by atoms with Crippen LogP contribution in [0.5, 0.6) is 0 Å². The average Bonchev–Trinajstić information content (AvgIpc) is 3.05. The van der Waals surface area contributed by atoms with Gasteiger partial charge in [0.05, 0.1) is 12.1 Å². The number of aliphatic hydroxyl groups is 1. The van der Waals surface area contributed by atoms with Crippen LogP contribution in [-0.2, 0) is 0 Å². The summed E-state index contributed by atoms with van der Waals surface area (Å²) in [4.78, 5) is 20.9. The quantitative estimate of drug-likeness (QED) is 0.872. The molecule has 1 fully saturated rings. The highest BCUT2D eigenvalue weighted by Crippen LogP contribution is 2.32. The van der Waals surface area contributed by atoms with Gasteiger partial charge in [0.1, 0.15) is 10.7 Å². The average molecular weight is 298 g/mol. The van der Waals surface area contributed by atoms with Crippen LogP contribution in [0.4, 0.5) is 10.9 Å². The minimum atomic E-state index is -0.624. The van der Waals surface area contributed by atoms with Crippen LogP contribution >= 0.6 is 11.3 Å². The lowest BCUT2D eigenvalue weighted by atomic mass is 10.1. The molecule has 1 aromatic rings. The number of rotatable bonds is 4. The molecular weight excluding hydrogens is 276 g/mol. The molecule has 6 nitrogen and oxygen atoms in total. The van der Waals surface area contributed by atoms with Gasteiger partial charge in [0, 0.05) is 20.1 Å². The van der Waals surface area contributed by atoms with E-state index in [9.17, 15) is 9.90 Å². The number of aromatic nitrogens is 1. The summed E-state index contributed by atoms with van der Waals surface area (Å²) in [6.07, 6.45) is 2.31. The maximum Gasteiger partial charge on any atom is 0.268 e. The van der Waals surface area contributed by atoms with Crippen molar-refractivity contribution in [3.8, 4) is 0 Å². The Balaban J connectivity index is 2.22. The van der Waals surface area contributed by atoms with Crippen molar-refractivity contribution in [2.75, 3.05) is 37.4 Å². The van der Waals surface area contributed by atoms with Crippen molar-refractivity contribution in [2.24, 2.45) is 0 Å². The first-order valence-electron chi connectivity index (χ1n) is 6.77.